The first kappa shape index (κ1) is 16.6. The van der Waals surface area contributed by atoms with Crippen molar-refractivity contribution in [3.8, 4) is 11.5 Å². The van der Waals surface area contributed by atoms with Gasteiger partial charge in [-0.25, -0.2) is 0 Å². The second-order valence-corrected chi connectivity index (χ2v) is 5.78. The van der Waals surface area contributed by atoms with E-state index in [9.17, 15) is 0 Å². The summed E-state index contributed by atoms with van der Waals surface area (Å²) in [6.07, 6.45) is 5.15. The molecule has 0 fully saturated rings. The van der Waals surface area contributed by atoms with Crippen molar-refractivity contribution in [1.29, 1.82) is 0 Å². The van der Waals surface area contributed by atoms with Crippen molar-refractivity contribution in [3.05, 3.63) is 48.1 Å². The third kappa shape index (κ3) is 4.61. The lowest BCUT2D eigenvalue weighted by Gasteiger charge is -2.15. The topological polar surface area (TPSA) is 50.7 Å². The van der Waals surface area contributed by atoms with Crippen LogP contribution in [0.1, 0.15) is 18.9 Å². The molecule has 1 aromatic carbocycles. The summed E-state index contributed by atoms with van der Waals surface area (Å²) in [5.41, 5.74) is 2.11. The Morgan fingerprint density at radius 3 is 2.82 bits per heavy atom. The van der Waals surface area contributed by atoms with E-state index < -0.39 is 0 Å². The molecule has 0 aromatic heterocycles. The first-order valence-electron chi connectivity index (χ1n) is 7.59. The molecule has 1 aromatic rings. The number of nitrogens with one attached hydrogen (secondary N) is 1. The molecule has 0 bridgehead atoms. The van der Waals surface area contributed by atoms with Crippen molar-refractivity contribution in [2.75, 3.05) is 20.3 Å². The van der Waals surface area contributed by atoms with Gasteiger partial charge in [0.05, 0.1) is 7.11 Å². The molecule has 0 aliphatic heterocycles. The van der Waals surface area contributed by atoms with E-state index in [2.05, 4.69) is 24.0 Å². The van der Waals surface area contributed by atoms with E-state index >= 15 is 0 Å². The van der Waals surface area contributed by atoms with Crippen LogP contribution in [0.3, 0.4) is 0 Å². The molecule has 0 unspecified atom stereocenters. The van der Waals surface area contributed by atoms with Crippen LogP contribution in [0, 0.1) is 5.92 Å². The summed E-state index contributed by atoms with van der Waals surface area (Å²) < 4.78 is 11.1. The highest BCUT2D eigenvalue weighted by molar-refractivity contribution is 5.43. The van der Waals surface area contributed by atoms with Gasteiger partial charge in [-0.05, 0) is 36.6 Å². The molecule has 0 saturated heterocycles. The van der Waals surface area contributed by atoms with E-state index in [1.165, 1.54) is 0 Å². The standard InChI is InChI=1S/C18H25NO3/c1-13(2)12-22-18-9-14(5-7-17(18)21-3)10-19-16-6-4-15(8-16)11-20/h4-7,9,15-16,19-20H,1,8,10-12H2,2-3H3/t15-,16+/m0/s1. The minimum Gasteiger partial charge on any atom is -0.493 e. The van der Waals surface area contributed by atoms with Crippen molar-refractivity contribution >= 4 is 0 Å². The summed E-state index contributed by atoms with van der Waals surface area (Å²) in [5, 5.41) is 12.6. The quantitative estimate of drug-likeness (QED) is 0.725. The van der Waals surface area contributed by atoms with Crippen LogP contribution in [0.4, 0.5) is 0 Å². The van der Waals surface area contributed by atoms with Crippen LogP contribution >= 0.6 is 0 Å². The van der Waals surface area contributed by atoms with Gasteiger partial charge in [0, 0.05) is 25.1 Å². The molecule has 0 heterocycles. The fraction of sp³-hybridized carbons (Fsp3) is 0.444. The largest absolute Gasteiger partial charge is 0.493 e. The Balaban J connectivity index is 1.95. The van der Waals surface area contributed by atoms with Crippen molar-refractivity contribution < 1.29 is 14.6 Å². The number of methoxy groups -OCH3 is 1. The van der Waals surface area contributed by atoms with Gasteiger partial charge in [0.15, 0.2) is 11.5 Å². The number of ether oxygens (including phenoxy) is 2. The minimum atomic E-state index is 0.218. The lowest BCUT2D eigenvalue weighted by atomic mass is 10.1. The van der Waals surface area contributed by atoms with Crippen LogP contribution in [0.2, 0.25) is 0 Å². The van der Waals surface area contributed by atoms with Crippen LogP contribution < -0.4 is 14.8 Å². The Kier molecular flexibility index (Phi) is 6.04. The minimum absolute atomic E-state index is 0.218. The smallest absolute Gasteiger partial charge is 0.161 e. The van der Waals surface area contributed by atoms with Crippen molar-refractivity contribution in [1.82, 2.24) is 5.32 Å². The van der Waals surface area contributed by atoms with Crippen LogP contribution in [0.15, 0.2) is 42.5 Å². The van der Waals surface area contributed by atoms with E-state index in [1.54, 1.807) is 7.11 Å². The Morgan fingerprint density at radius 2 is 2.18 bits per heavy atom. The molecule has 1 aliphatic rings. The predicted molar refractivity (Wildman–Crippen MR) is 88.3 cm³/mol. The van der Waals surface area contributed by atoms with E-state index in [-0.39, 0.29) is 12.5 Å². The lowest BCUT2D eigenvalue weighted by Crippen LogP contribution is -2.26. The normalized spacial score (nSPS) is 20.1. The van der Waals surface area contributed by atoms with Gasteiger partial charge in [-0.1, -0.05) is 24.8 Å². The summed E-state index contributed by atoms with van der Waals surface area (Å²) in [4.78, 5) is 0. The van der Waals surface area contributed by atoms with Gasteiger partial charge < -0.3 is 19.9 Å². The first-order chi connectivity index (χ1) is 10.6. The molecular formula is C18H25NO3. The summed E-state index contributed by atoms with van der Waals surface area (Å²) in [6, 6.07) is 6.27. The first-order valence-corrected chi connectivity index (χ1v) is 7.59. The van der Waals surface area contributed by atoms with Gasteiger partial charge in [0.1, 0.15) is 6.61 Å². The Morgan fingerprint density at radius 1 is 1.36 bits per heavy atom. The molecule has 0 saturated carbocycles. The monoisotopic (exact) mass is 303 g/mol. The summed E-state index contributed by atoms with van der Waals surface area (Å²) in [5.74, 6) is 1.74. The number of rotatable bonds is 8. The average molecular weight is 303 g/mol. The fourth-order valence-electron chi connectivity index (χ4n) is 2.46. The molecule has 2 N–H and O–H groups in total. The molecule has 4 nitrogen and oxygen atoms in total. The number of benzene rings is 1. The van der Waals surface area contributed by atoms with Crippen molar-refractivity contribution in [2.24, 2.45) is 5.92 Å². The molecule has 120 valence electrons. The van der Waals surface area contributed by atoms with Crippen LogP contribution in [-0.4, -0.2) is 31.5 Å². The fourth-order valence-corrected chi connectivity index (χ4v) is 2.46. The zero-order valence-corrected chi connectivity index (χ0v) is 13.3. The number of hydrogen-bond acceptors (Lipinski definition) is 4. The second-order valence-electron chi connectivity index (χ2n) is 5.78. The lowest BCUT2D eigenvalue weighted by molar-refractivity contribution is 0.246. The van der Waals surface area contributed by atoms with Gasteiger partial charge in [-0.15, -0.1) is 0 Å². The summed E-state index contributed by atoms with van der Waals surface area (Å²) in [7, 11) is 1.64. The number of hydrogen-bond donors (Lipinski definition) is 2. The summed E-state index contributed by atoms with van der Waals surface area (Å²) >= 11 is 0. The highest BCUT2D eigenvalue weighted by Crippen LogP contribution is 2.28. The van der Waals surface area contributed by atoms with Crippen molar-refractivity contribution in [2.45, 2.75) is 25.9 Å². The average Bonchev–Trinajstić information content (AvgIpc) is 2.99. The molecule has 2 rings (SSSR count). The number of aliphatic hydroxyl groups is 1. The van der Waals surface area contributed by atoms with E-state index in [4.69, 9.17) is 14.6 Å². The van der Waals surface area contributed by atoms with E-state index in [1.807, 2.05) is 25.1 Å². The molecule has 2 atom stereocenters. The molecule has 0 radical (unpaired) electrons. The SMILES string of the molecule is C=C(C)COc1cc(CN[C@@H]2C=C[C@H](CO)C2)ccc1OC. The van der Waals surface area contributed by atoms with Gasteiger partial charge in [0.2, 0.25) is 0 Å². The molecule has 0 amide bonds. The van der Waals surface area contributed by atoms with Gasteiger partial charge >= 0.3 is 0 Å². The van der Waals surface area contributed by atoms with Gasteiger partial charge in [0.25, 0.3) is 0 Å². The second kappa shape index (κ2) is 8.01. The highest BCUT2D eigenvalue weighted by Gasteiger charge is 2.17. The van der Waals surface area contributed by atoms with Crippen LogP contribution in [0.5, 0.6) is 11.5 Å². The third-order valence-electron chi connectivity index (χ3n) is 3.68. The Hall–Kier alpha value is -1.78. The van der Waals surface area contributed by atoms with Crippen molar-refractivity contribution in [3.63, 3.8) is 0 Å². The zero-order valence-electron chi connectivity index (χ0n) is 13.3. The van der Waals surface area contributed by atoms with E-state index in [0.29, 0.717) is 12.6 Å². The Bertz CT molecular complexity index is 539. The maximum atomic E-state index is 9.15. The molecule has 4 heteroatoms. The maximum absolute atomic E-state index is 9.15. The van der Waals surface area contributed by atoms with Crippen LogP contribution in [-0.2, 0) is 6.54 Å². The third-order valence-corrected chi connectivity index (χ3v) is 3.68. The Labute approximate surface area is 132 Å². The maximum Gasteiger partial charge on any atom is 0.161 e. The van der Waals surface area contributed by atoms with Gasteiger partial charge in [-0.3, -0.25) is 0 Å². The predicted octanol–water partition coefficient (Wildman–Crippen LogP) is 2.68. The molecule has 22 heavy (non-hydrogen) atoms. The van der Waals surface area contributed by atoms with Crippen LogP contribution in [0.25, 0.3) is 0 Å². The van der Waals surface area contributed by atoms with Gasteiger partial charge in [-0.2, -0.15) is 0 Å². The zero-order chi connectivity index (χ0) is 15.9. The van der Waals surface area contributed by atoms with E-state index in [0.717, 1.165) is 35.6 Å². The summed E-state index contributed by atoms with van der Waals surface area (Å²) in [6.45, 7) is 7.23. The molecule has 0 spiro atoms. The highest BCUT2D eigenvalue weighted by atomic mass is 16.5. The number of aliphatic hydroxyl groups excluding tert-OH is 1. The molecular weight excluding hydrogens is 278 g/mol. The molecule has 1 aliphatic carbocycles.